The van der Waals surface area contributed by atoms with Crippen molar-refractivity contribution in [2.45, 2.75) is 40.2 Å². The molecule has 0 heterocycles. The Labute approximate surface area is 102 Å². The van der Waals surface area contributed by atoms with Crippen LogP contribution in [-0.2, 0) is 16.0 Å². The molecule has 0 amide bonds. The van der Waals surface area contributed by atoms with Crippen LogP contribution in [0.1, 0.15) is 42.2 Å². The molecular formula is C14H20O3. The maximum Gasteiger partial charge on any atom is 0.339 e. The minimum absolute atomic E-state index is 0.279. The van der Waals surface area contributed by atoms with Crippen molar-refractivity contribution in [2.24, 2.45) is 0 Å². The smallest absolute Gasteiger partial charge is 0.339 e. The average Bonchev–Trinajstić information content (AvgIpc) is 2.31. The molecule has 0 aliphatic carbocycles. The van der Waals surface area contributed by atoms with Crippen molar-refractivity contribution in [3.63, 3.8) is 0 Å². The number of hydrogen-bond donors (Lipinski definition) is 1. The highest BCUT2D eigenvalue weighted by Gasteiger charge is 2.21. The van der Waals surface area contributed by atoms with Gasteiger partial charge in [0.15, 0.2) is 6.10 Å². The van der Waals surface area contributed by atoms with Crippen molar-refractivity contribution in [1.29, 1.82) is 0 Å². The van der Waals surface area contributed by atoms with Crippen LogP contribution in [0.4, 0.5) is 0 Å². The van der Waals surface area contributed by atoms with E-state index in [0.29, 0.717) is 5.56 Å². The van der Waals surface area contributed by atoms with Crippen molar-refractivity contribution in [1.82, 2.24) is 0 Å². The van der Waals surface area contributed by atoms with E-state index in [2.05, 4.69) is 6.07 Å². The lowest BCUT2D eigenvalue weighted by atomic mass is 9.95. The van der Waals surface area contributed by atoms with Gasteiger partial charge < -0.3 is 9.84 Å². The lowest BCUT2D eigenvalue weighted by Gasteiger charge is -2.16. The standard InChI is InChI=1S/C14H20O3/c1-5-11-7-9(3)10(4)12(8-11)13(15)14(16)17-6-2/h7-8,13,15H,5-6H2,1-4H3. The van der Waals surface area contributed by atoms with E-state index in [1.807, 2.05) is 26.8 Å². The number of benzene rings is 1. The van der Waals surface area contributed by atoms with Crippen molar-refractivity contribution >= 4 is 5.97 Å². The summed E-state index contributed by atoms with van der Waals surface area (Å²) in [6, 6.07) is 3.96. The molecule has 94 valence electrons. The summed E-state index contributed by atoms with van der Waals surface area (Å²) >= 11 is 0. The summed E-state index contributed by atoms with van der Waals surface area (Å²) in [6.07, 6.45) is -0.302. The van der Waals surface area contributed by atoms with Gasteiger partial charge in [-0.3, -0.25) is 0 Å². The topological polar surface area (TPSA) is 46.5 Å². The molecule has 0 spiro atoms. The highest BCUT2D eigenvalue weighted by molar-refractivity contribution is 5.77. The molecule has 1 unspecified atom stereocenters. The van der Waals surface area contributed by atoms with E-state index in [-0.39, 0.29) is 6.61 Å². The Kier molecular flexibility index (Phi) is 4.70. The highest BCUT2D eigenvalue weighted by Crippen LogP contribution is 2.24. The zero-order chi connectivity index (χ0) is 13.0. The Balaban J connectivity index is 3.11. The van der Waals surface area contributed by atoms with Crippen LogP contribution < -0.4 is 0 Å². The molecule has 0 aliphatic heterocycles. The summed E-state index contributed by atoms with van der Waals surface area (Å²) in [5.74, 6) is -0.580. The molecule has 0 bridgehead atoms. The summed E-state index contributed by atoms with van der Waals surface area (Å²) in [5.41, 5.74) is 3.80. The fraction of sp³-hybridized carbons (Fsp3) is 0.500. The van der Waals surface area contributed by atoms with Gasteiger partial charge in [-0.25, -0.2) is 4.79 Å². The molecule has 1 aromatic carbocycles. The first-order valence-corrected chi connectivity index (χ1v) is 5.95. The van der Waals surface area contributed by atoms with E-state index in [1.54, 1.807) is 6.92 Å². The molecule has 1 rings (SSSR count). The van der Waals surface area contributed by atoms with Gasteiger partial charge in [0.1, 0.15) is 0 Å². The maximum absolute atomic E-state index is 11.5. The van der Waals surface area contributed by atoms with Crippen molar-refractivity contribution in [3.05, 3.63) is 34.4 Å². The number of rotatable bonds is 4. The van der Waals surface area contributed by atoms with Crippen molar-refractivity contribution in [3.8, 4) is 0 Å². The highest BCUT2D eigenvalue weighted by atomic mass is 16.5. The van der Waals surface area contributed by atoms with Crippen LogP contribution in [0.5, 0.6) is 0 Å². The van der Waals surface area contributed by atoms with Gasteiger partial charge in [-0.1, -0.05) is 19.1 Å². The Morgan fingerprint density at radius 3 is 2.53 bits per heavy atom. The van der Waals surface area contributed by atoms with Crippen LogP contribution in [-0.4, -0.2) is 17.7 Å². The third-order valence-electron chi connectivity index (χ3n) is 2.98. The van der Waals surface area contributed by atoms with Crippen LogP contribution in [0.3, 0.4) is 0 Å². The normalized spacial score (nSPS) is 12.3. The summed E-state index contributed by atoms with van der Waals surface area (Å²) in [4.78, 5) is 11.5. The molecule has 0 aliphatic rings. The first kappa shape index (κ1) is 13.7. The molecule has 0 fully saturated rings. The number of aryl methyl sites for hydroxylation is 2. The SMILES string of the molecule is CCOC(=O)C(O)c1cc(CC)cc(C)c1C. The van der Waals surface area contributed by atoms with Crippen LogP contribution in [0, 0.1) is 13.8 Å². The lowest BCUT2D eigenvalue weighted by Crippen LogP contribution is -2.17. The lowest BCUT2D eigenvalue weighted by molar-refractivity contribution is -0.153. The number of ether oxygens (including phenoxy) is 1. The predicted molar refractivity (Wildman–Crippen MR) is 66.9 cm³/mol. The molecule has 3 heteroatoms. The Bertz CT molecular complexity index is 410. The number of hydrogen-bond acceptors (Lipinski definition) is 3. The van der Waals surface area contributed by atoms with Gasteiger partial charge >= 0.3 is 5.97 Å². The number of carbonyl (C=O) groups excluding carboxylic acids is 1. The third-order valence-corrected chi connectivity index (χ3v) is 2.98. The van der Waals surface area contributed by atoms with E-state index in [4.69, 9.17) is 4.74 Å². The van der Waals surface area contributed by atoms with Crippen LogP contribution in [0.15, 0.2) is 12.1 Å². The minimum Gasteiger partial charge on any atom is -0.464 e. The van der Waals surface area contributed by atoms with Gasteiger partial charge in [-0.2, -0.15) is 0 Å². The van der Waals surface area contributed by atoms with Crippen LogP contribution >= 0.6 is 0 Å². The molecule has 1 atom stereocenters. The average molecular weight is 236 g/mol. The van der Waals surface area contributed by atoms with Gasteiger partial charge in [-0.05, 0) is 49.4 Å². The summed E-state index contributed by atoms with van der Waals surface area (Å²) in [6.45, 7) is 7.94. The second-order valence-electron chi connectivity index (χ2n) is 4.14. The van der Waals surface area contributed by atoms with E-state index >= 15 is 0 Å². The summed E-state index contributed by atoms with van der Waals surface area (Å²) < 4.78 is 4.84. The molecule has 17 heavy (non-hydrogen) atoms. The molecule has 0 radical (unpaired) electrons. The Morgan fingerprint density at radius 2 is 2.00 bits per heavy atom. The van der Waals surface area contributed by atoms with E-state index < -0.39 is 12.1 Å². The predicted octanol–water partition coefficient (Wildman–Crippen LogP) is 2.46. The van der Waals surface area contributed by atoms with Crippen molar-refractivity contribution < 1.29 is 14.6 Å². The Hall–Kier alpha value is -1.35. The monoisotopic (exact) mass is 236 g/mol. The first-order chi connectivity index (χ1) is 8.01. The molecule has 0 saturated carbocycles. The zero-order valence-corrected chi connectivity index (χ0v) is 10.9. The van der Waals surface area contributed by atoms with Crippen LogP contribution in [0.2, 0.25) is 0 Å². The third kappa shape index (κ3) is 3.07. The summed E-state index contributed by atoms with van der Waals surface area (Å²) in [7, 11) is 0. The van der Waals surface area contributed by atoms with E-state index in [0.717, 1.165) is 23.1 Å². The largest absolute Gasteiger partial charge is 0.464 e. The Morgan fingerprint density at radius 1 is 1.35 bits per heavy atom. The second-order valence-corrected chi connectivity index (χ2v) is 4.14. The quantitative estimate of drug-likeness (QED) is 0.817. The second kappa shape index (κ2) is 5.82. The molecule has 3 nitrogen and oxygen atoms in total. The van der Waals surface area contributed by atoms with Gasteiger partial charge in [0.25, 0.3) is 0 Å². The first-order valence-electron chi connectivity index (χ1n) is 5.95. The van der Waals surface area contributed by atoms with Gasteiger partial charge in [0, 0.05) is 0 Å². The van der Waals surface area contributed by atoms with Gasteiger partial charge in [0.05, 0.1) is 6.61 Å². The van der Waals surface area contributed by atoms with Gasteiger partial charge in [0.2, 0.25) is 0 Å². The fourth-order valence-corrected chi connectivity index (χ4v) is 1.80. The molecule has 0 aromatic heterocycles. The van der Waals surface area contributed by atoms with E-state index in [9.17, 15) is 9.90 Å². The number of esters is 1. The maximum atomic E-state index is 11.5. The molecule has 1 aromatic rings. The summed E-state index contributed by atoms with van der Waals surface area (Å²) in [5, 5.41) is 9.97. The fourth-order valence-electron chi connectivity index (χ4n) is 1.80. The zero-order valence-electron chi connectivity index (χ0n) is 10.9. The number of aliphatic hydroxyl groups excluding tert-OH is 1. The molecular weight excluding hydrogens is 216 g/mol. The van der Waals surface area contributed by atoms with Gasteiger partial charge in [-0.15, -0.1) is 0 Å². The molecule has 1 N–H and O–H groups in total. The molecule has 0 saturated heterocycles. The minimum atomic E-state index is -1.18. The number of carbonyl (C=O) groups is 1. The number of aliphatic hydroxyl groups is 1. The van der Waals surface area contributed by atoms with Crippen LogP contribution in [0.25, 0.3) is 0 Å². The van der Waals surface area contributed by atoms with E-state index in [1.165, 1.54) is 0 Å². The van der Waals surface area contributed by atoms with Crippen molar-refractivity contribution in [2.75, 3.05) is 6.61 Å².